The summed E-state index contributed by atoms with van der Waals surface area (Å²) in [7, 11) is 0. The Morgan fingerprint density at radius 3 is 2.55 bits per heavy atom. The van der Waals surface area contributed by atoms with Crippen molar-refractivity contribution in [3.8, 4) is 0 Å². The zero-order valence-corrected chi connectivity index (χ0v) is 21.1. The number of alkyl carbamates (subject to hydrolysis) is 1. The van der Waals surface area contributed by atoms with E-state index in [4.69, 9.17) is 4.74 Å². The molecule has 0 bridgehead atoms. The number of hydrogen-bond donors (Lipinski definition) is 5. The number of carbonyl (C=O) groups excluding carboxylic acids is 2. The highest BCUT2D eigenvalue weighted by Gasteiger charge is 2.25. The summed E-state index contributed by atoms with van der Waals surface area (Å²) in [6.45, 7) is 3.66. The van der Waals surface area contributed by atoms with Crippen molar-refractivity contribution in [3.63, 3.8) is 0 Å². The van der Waals surface area contributed by atoms with Crippen LogP contribution in [0.25, 0.3) is 0 Å². The molecule has 5 N–H and O–H groups in total. The number of anilines is 2. The molecule has 3 amide bonds. The highest BCUT2D eigenvalue weighted by molar-refractivity contribution is 5.94. The topological polar surface area (TPSA) is 148 Å². The van der Waals surface area contributed by atoms with Crippen LogP contribution in [0.5, 0.6) is 0 Å². The predicted octanol–water partition coefficient (Wildman–Crippen LogP) is 1.66. The van der Waals surface area contributed by atoms with E-state index in [9.17, 15) is 19.5 Å². The fraction of sp³-hybridized carbons (Fsp3) is 0.385. The first-order valence-corrected chi connectivity index (χ1v) is 12.6. The van der Waals surface area contributed by atoms with Crippen molar-refractivity contribution >= 4 is 35.4 Å². The van der Waals surface area contributed by atoms with Gasteiger partial charge in [-0.15, -0.1) is 0 Å². The van der Waals surface area contributed by atoms with Gasteiger partial charge in [-0.3, -0.25) is 4.99 Å². The Hall–Kier alpha value is -4.48. The Morgan fingerprint density at radius 1 is 1.05 bits per heavy atom. The lowest BCUT2D eigenvalue weighted by Crippen LogP contribution is -2.55. The van der Waals surface area contributed by atoms with Crippen molar-refractivity contribution < 1.29 is 24.2 Å². The number of carbonyl (C=O) groups is 3. The van der Waals surface area contributed by atoms with E-state index in [0.29, 0.717) is 26.2 Å². The number of guanidine groups is 1. The first-order chi connectivity index (χ1) is 18.5. The normalized spacial score (nSPS) is 15.9. The van der Waals surface area contributed by atoms with Crippen LogP contribution < -0.4 is 26.2 Å². The maximum Gasteiger partial charge on any atom is 0.408 e. The molecule has 0 aliphatic carbocycles. The second-order valence-corrected chi connectivity index (χ2v) is 8.94. The molecule has 2 aliphatic rings. The molecule has 0 radical (unpaired) electrons. The first kappa shape index (κ1) is 26.6. The molecule has 1 fully saturated rings. The van der Waals surface area contributed by atoms with Gasteiger partial charge < -0.3 is 40.9 Å². The van der Waals surface area contributed by atoms with Crippen LogP contribution in [0.2, 0.25) is 0 Å². The van der Waals surface area contributed by atoms with Gasteiger partial charge >= 0.3 is 18.1 Å². The average Bonchev–Trinajstić information content (AvgIpc) is 2.95. The summed E-state index contributed by atoms with van der Waals surface area (Å²) in [5.41, 5.74) is 2.75. The number of urea groups is 1. The monoisotopic (exact) mass is 523 g/mol. The molecule has 2 aromatic rings. The van der Waals surface area contributed by atoms with Crippen molar-refractivity contribution in [2.24, 2.45) is 4.99 Å². The molecule has 0 saturated carbocycles. The molecular weight excluding hydrogens is 490 g/mol. The first-order valence-electron chi connectivity index (χ1n) is 12.6. The molecule has 2 heterocycles. The van der Waals surface area contributed by atoms with Crippen molar-refractivity contribution in [1.29, 1.82) is 0 Å². The molecule has 1 unspecified atom stereocenters. The largest absolute Gasteiger partial charge is 0.480 e. The maximum absolute atomic E-state index is 12.7. The van der Waals surface area contributed by atoms with Gasteiger partial charge in [-0.1, -0.05) is 36.4 Å². The minimum absolute atomic E-state index is 0.0141. The smallest absolute Gasteiger partial charge is 0.408 e. The van der Waals surface area contributed by atoms with Gasteiger partial charge in [-0.05, 0) is 30.2 Å². The zero-order valence-electron chi connectivity index (χ0n) is 21.1. The summed E-state index contributed by atoms with van der Waals surface area (Å²) in [5, 5.41) is 20.9. The Bertz CT molecular complexity index is 1140. The fourth-order valence-corrected chi connectivity index (χ4v) is 4.11. The fourth-order valence-electron chi connectivity index (χ4n) is 4.11. The number of amides is 3. The second kappa shape index (κ2) is 13.2. The molecule has 0 spiro atoms. The van der Waals surface area contributed by atoms with Gasteiger partial charge in [-0.25, -0.2) is 14.4 Å². The van der Waals surface area contributed by atoms with E-state index in [1.807, 2.05) is 36.4 Å². The van der Waals surface area contributed by atoms with Gasteiger partial charge in [0.2, 0.25) is 0 Å². The minimum atomic E-state index is -1.32. The molecule has 38 heavy (non-hydrogen) atoms. The number of ether oxygens (including phenoxy) is 1. The third-order valence-corrected chi connectivity index (χ3v) is 6.20. The lowest BCUT2D eigenvalue weighted by atomic mass is 10.2. The SMILES string of the molecule is O=C(NC(CNC(=O)N1CCN(c2cccc(NC3=NCCCN3)c2)CC1)C(=O)O)OCc1ccccc1. The van der Waals surface area contributed by atoms with E-state index < -0.39 is 18.1 Å². The Morgan fingerprint density at radius 2 is 1.84 bits per heavy atom. The van der Waals surface area contributed by atoms with E-state index >= 15 is 0 Å². The van der Waals surface area contributed by atoms with Crippen LogP contribution >= 0.6 is 0 Å². The summed E-state index contributed by atoms with van der Waals surface area (Å²) in [4.78, 5) is 44.6. The minimum Gasteiger partial charge on any atom is -0.480 e. The Labute approximate surface area is 221 Å². The number of carboxylic acids is 1. The van der Waals surface area contributed by atoms with Crippen molar-refractivity contribution in [3.05, 3.63) is 60.2 Å². The summed E-state index contributed by atoms with van der Waals surface area (Å²) >= 11 is 0. The van der Waals surface area contributed by atoms with Crippen LogP contribution in [0.15, 0.2) is 59.6 Å². The number of aliphatic carboxylic acids is 1. The van der Waals surface area contributed by atoms with E-state index in [1.165, 1.54) is 0 Å². The molecule has 12 heteroatoms. The zero-order chi connectivity index (χ0) is 26.7. The highest BCUT2D eigenvalue weighted by atomic mass is 16.5. The van der Waals surface area contributed by atoms with Gasteiger partial charge in [0.1, 0.15) is 12.6 Å². The Balaban J connectivity index is 1.21. The van der Waals surface area contributed by atoms with E-state index in [2.05, 4.69) is 37.2 Å². The van der Waals surface area contributed by atoms with Crippen LogP contribution in [0.4, 0.5) is 21.0 Å². The molecule has 202 valence electrons. The Kier molecular flexibility index (Phi) is 9.22. The molecule has 1 saturated heterocycles. The molecule has 4 rings (SSSR count). The quantitative estimate of drug-likeness (QED) is 0.351. The third-order valence-electron chi connectivity index (χ3n) is 6.20. The van der Waals surface area contributed by atoms with Crippen molar-refractivity contribution in [1.82, 2.24) is 20.9 Å². The van der Waals surface area contributed by atoms with Crippen molar-refractivity contribution in [2.45, 2.75) is 19.1 Å². The third kappa shape index (κ3) is 7.76. The molecule has 1 atom stereocenters. The van der Waals surface area contributed by atoms with Crippen LogP contribution in [-0.4, -0.2) is 85.9 Å². The van der Waals surface area contributed by atoms with E-state index in [-0.39, 0.29) is 19.2 Å². The summed E-state index contributed by atoms with van der Waals surface area (Å²) in [6.07, 6.45) is 0.157. The van der Waals surface area contributed by atoms with Gasteiger partial charge in [0.15, 0.2) is 5.96 Å². The highest BCUT2D eigenvalue weighted by Crippen LogP contribution is 2.21. The van der Waals surface area contributed by atoms with Crippen LogP contribution in [-0.2, 0) is 16.1 Å². The molecule has 2 aliphatic heterocycles. The lowest BCUT2D eigenvalue weighted by molar-refractivity contribution is -0.139. The summed E-state index contributed by atoms with van der Waals surface area (Å²) < 4.78 is 5.08. The number of nitrogens with zero attached hydrogens (tertiary/aromatic N) is 3. The maximum atomic E-state index is 12.7. The molecule has 12 nitrogen and oxygen atoms in total. The molecule has 0 aromatic heterocycles. The van der Waals surface area contributed by atoms with Crippen LogP contribution in [0, 0.1) is 0 Å². The summed E-state index contributed by atoms with van der Waals surface area (Å²) in [6, 6.07) is 15.4. The number of nitrogens with one attached hydrogen (secondary N) is 4. The van der Waals surface area contributed by atoms with E-state index in [1.54, 1.807) is 17.0 Å². The standard InChI is InChI=1S/C26H33N7O5/c34-23(35)22(31-26(37)38-18-19-6-2-1-3-7-19)17-29-25(36)33-14-12-32(13-15-33)21-9-4-8-20(16-21)30-24-27-10-5-11-28-24/h1-4,6-9,16,22H,5,10-15,17-18H2,(H,29,36)(H,31,37)(H,34,35)(H2,27,28,30). The molecule has 2 aromatic carbocycles. The van der Waals surface area contributed by atoms with Gasteiger partial charge in [0.05, 0.1) is 6.54 Å². The lowest BCUT2D eigenvalue weighted by Gasteiger charge is -2.36. The van der Waals surface area contributed by atoms with Gasteiger partial charge in [0.25, 0.3) is 0 Å². The number of aliphatic imine (C=N–C) groups is 1. The number of carboxylic acid groups (broad SMARTS) is 1. The summed E-state index contributed by atoms with van der Waals surface area (Å²) in [5.74, 6) is -0.497. The van der Waals surface area contributed by atoms with E-state index in [0.717, 1.165) is 42.4 Å². The van der Waals surface area contributed by atoms with Gasteiger partial charge in [-0.2, -0.15) is 0 Å². The molecular formula is C26H33N7O5. The number of benzene rings is 2. The number of hydrogen-bond acceptors (Lipinski definition) is 8. The number of piperazine rings is 1. The van der Waals surface area contributed by atoms with Crippen LogP contribution in [0.1, 0.15) is 12.0 Å². The van der Waals surface area contributed by atoms with Crippen LogP contribution in [0.3, 0.4) is 0 Å². The second-order valence-electron chi connectivity index (χ2n) is 8.94. The predicted molar refractivity (Wildman–Crippen MR) is 143 cm³/mol. The van der Waals surface area contributed by atoms with Gasteiger partial charge in [0, 0.05) is 50.6 Å². The number of rotatable bonds is 8. The average molecular weight is 524 g/mol. The van der Waals surface area contributed by atoms with Crippen molar-refractivity contribution in [2.75, 3.05) is 56.0 Å².